The quantitative estimate of drug-likeness (QED) is 0.835. The van der Waals surface area contributed by atoms with Crippen LogP contribution >= 0.6 is 0 Å². The molecule has 0 aliphatic carbocycles. The third-order valence-electron chi connectivity index (χ3n) is 3.59. The Morgan fingerprint density at radius 2 is 2.00 bits per heavy atom. The lowest BCUT2D eigenvalue weighted by molar-refractivity contribution is 0.360. The van der Waals surface area contributed by atoms with Crippen molar-refractivity contribution in [1.29, 1.82) is 0 Å². The molecule has 1 aromatic rings. The van der Waals surface area contributed by atoms with Crippen molar-refractivity contribution >= 4 is 5.69 Å². The number of hydrogen-bond acceptors (Lipinski definition) is 4. The predicted octanol–water partition coefficient (Wildman–Crippen LogP) is 1.55. The van der Waals surface area contributed by atoms with Crippen LogP contribution in [0.15, 0.2) is 18.2 Å². The third-order valence-corrected chi connectivity index (χ3v) is 3.59. The molecule has 1 fully saturated rings. The van der Waals surface area contributed by atoms with E-state index in [-0.39, 0.29) is 6.04 Å². The van der Waals surface area contributed by atoms with Crippen LogP contribution in [0.1, 0.15) is 24.9 Å². The van der Waals surface area contributed by atoms with Gasteiger partial charge < -0.3 is 20.6 Å². The molecular formula is C14H23N3O. The summed E-state index contributed by atoms with van der Waals surface area (Å²) in [6.45, 7) is 6.14. The Labute approximate surface area is 109 Å². The van der Waals surface area contributed by atoms with Crippen LogP contribution in [0.3, 0.4) is 0 Å². The highest BCUT2D eigenvalue weighted by Crippen LogP contribution is 2.28. The normalized spacial score (nSPS) is 19.6. The number of benzene rings is 1. The molecule has 18 heavy (non-hydrogen) atoms. The van der Waals surface area contributed by atoms with E-state index in [9.17, 15) is 5.11 Å². The number of phenols is 1. The van der Waals surface area contributed by atoms with Gasteiger partial charge >= 0.3 is 0 Å². The lowest BCUT2D eigenvalue weighted by Gasteiger charge is -2.23. The van der Waals surface area contributed by atoms with Crippen LogP contribution in [-0.2, 0) is 0 Å². The molecule has 0 spiro atoms. The van der Waals surface area contributed by atoms with Gasteiger partial charge in [-0.25, -0.2) is 0 Å². The molecule has 1 aliphatic rings. The molecule has 0 bridgehead atoms. The second-order valence-electron chi connectivity index (χ2n) is 5.18. The number of rotatable bonds is 2. The van der Waals surface area contributed by atoms with E-state index in [2.05, 4.69) is 22.9 Å². The second kappa shape index (κ2) is 5.59. The van der Waals surface area contributed by atoms with Crippen LogP contribution in [0, 0.1) is 0 Å². The van der Waals surface area contributed by atoms with Crippen LogP contribution in [0.5, 0.6) is 5.75 Å². The van der Waals surface area contributed by atoms with Gasteiger partial charge in [-0.3, -0.25) is 0 Å². The zero-order valence-electron chi connectivity index (χ0n) is 11.3. The maximum atomic E-state index is 10.00. The molecule has 1 saturated heterocycles. The lowest BCUT2D eigenvalue weighted by Crippen LogP contribution is -2.28. The summed E-state index contributed by atoms with van der Waals surface area (Å²) < 4.78 is 0. The number of hydrogen-bond donors (Lipinski definition) is 2. The minimum Gasteiger partial charge on any atom is -0.508 e. The molecule has 1 aliphatic heterocycles. The van der Waals surface area contributed by atoms with Crippen LogP contribution < -0.4 is 10.6 Å². The molecular weight excluding hydrogens is 226 g/mol. The SMILES string of the molecule is CC(N)c1ccc(N2CCCN(C)CC2)cc1O. The molecule has 3 N–H and O–H groups in total. The van der Waals surface area contributed by atoms with Gasteiger partial charge in [-0.15, -0.1) is 0 Å². The highest BCUT2D eigenvalue weighted by Gasteiger charge is 2.14. The first-order valence-corrected chi connectivity index (χ1v) is 6.60. The highest BCUT2D eigenvalue weighted by molar-refractivity contribution is 5.54. The fraction of sp³-hybridized carbons (Fsp3) is 0.571. The lowest BCUT2D eigenvalue weighted by atomic mass is 10.1. The van der Waals surface area contributed by atoms with Gasteiger partial charge in [0.25, 0.3) is 0 Å². The maximum absolute atomic E-state index is 10.00. The van der Waals surface area contributed by atoms with E-state index >= 15 is 0 Å². The molecule has 0 radical (unpaired) electrons. The zero-order valence-corrected chi connectivity index (χ0v) is 11.3. The summed E-state index contributed by atoms with van der Waals surface area (Å²) in [6.07, 6.45) is 1.16. The van der Waals surface area contributed by atoms with Gasteiger partial charge in [-0.05, 0) is 33.0 Å². The average Bonchev–Trinajstić information content (AvgIpc) is 2.53. The Hall–Kier alpha value is -1.26. The van der Waals surface area contributed by atoms with Crippen molar-refractivity contribution in [2.45, 2.75) is 19.4 Å². The smallest absolute Gasteiger partial charge is 0.122 e. The van der Waals surface area contributed by atoms with Crippen molar-refractivity contribution in [3.63, 3.8) is 0 Å². The number of nitrogens with zero attached hydrogens (tertiary/aromatic N) is 2. The number of anilines is 1. The molecule has 100 valence electrons. The molecule has 2 rings (SSSR count). The van der Waals surface area contributed by atoms with Gasteiger partial charge in [0.1, 0.15) is 5.75 Å². The standard InChI is InChI=1S/C14H23N3O/c1-11(15)13-5-4-12(10-14(13)18)17-7-3-6-16(2)8-9-17/h4-5,10-11,18H,3,6-9,15H2,1-2H3. The van der Waals surface area contributed by atoms with E-state index in [1.165, 1.54) is 0 Å². The van der Waals surface area contributed by atoms with Crippen molar-refractivity contribution in [3.05, 3.63) is 23.8 Å². The van der Waals surface area contributed by atoms with Gasteiger partial charge in [0, 0.05) is 43.0 Å². The molecule has 1 heterocycles. The largest absolute Gasteiger partial charge is 0.508 e. The summed E-state index contributed by atoms with van der Waals surface area (Å²) in [5.41, 5.74) is 7.71. The first kappa shape index (κ1) is 13.2. The molecule has 0 aromatic heterocycles. The fourth-order valence-corrected chi connectivity index (χ4v) is 2.42. The van der Waals surface area contributed by atoms with Crippen molar-refractivity contribution in [1.82, 2.24) is 4.90 Å². The second-order valence-corrected chi connectivity index (χ2v) is 5.18. The van der Waals surface area contributed by atoms with Crippen LogP contribution in [0.25, 0.3) is 0 Å². The number of nitrogens with two attached hydrogens (primary N) is 1. The molecule has 4 heteroatoms. The van der Waals surface area contributed by atoms with E-state index < -0.39 is 0 Å². The summed E-state index contributed by atoms with van der Waals surface area (Å²) in [5, 5.41) is 10.00. The van der Waals surface area contributed by atoms with E-state index in [4.69, 9.17) is 5.73 Å². The summed E-state index contributed by atoms with van der Waals surface area (Å²) in [6, 6.07) is 5.70. The highest BCUT2D eigenvalue weighted by atomic mass is 16.3. The molecule has 4 nitrogen and oxygen atoms in total. The van der Waals surface area contributed by atoms with Gasteiger partial charge in [0.05, 0.1) is 0 Å². The van der Waals surface area contributed by atoms with E-state index in [0.717, 1.165) is 43.9 Å². The van der Waals surface area contributed by atoms with Crippen molar-refractivity contribution < 1.29 is 5.11 Å². The molecule has 0 amide bonds. The van der Waals surface area contributed by atoms with Crippen molar-refractivity contribution in [2.75, 3.05) is 38.1 Å². The Bertz CT molecular complexity index is 406. The van der Waals surface area contributed by atoms with Crippen molar-refractivity contribution in [3.8, 4) is 5.75 Å². The molecule has 0 saturated carbocycles. The minimum atomic E-state index is -0.130. The predicted molar refractivity (Wildman–Crippen MR) is 75.0 cm³/mol. The molecule has 1 atom stereocenters. The van der Waals surface area contributed by atoms with Crippen molar-refractivity contribution in [2.24, 2.45) is 5.73 Å². The Balaban J connectivity index is 2.15. The van der Waals surface area contributed by atoms with Crippen LogP contribution in [0.4, 0.5) is 5.69 Å². The van der Waals surface area contributed by atoms with E-state index in [1.54, 1.807) is 0 Å². The number of likely N-dealkylation sites (N-methyl/N-ethyl adjacent to an activating group) is 1. The van der Waals surface area contributed by atoms with Gasteiger partial charge in [-0.2, -0.15) is 0 Å². The summed E-state index contributed by atoms with van der Waals surface area (Å²) in [5.74, 6) is 0.306. The topological polar surface area (TPSA) is 52.7 Å². The average molecular weight is 249 g/mol. The van der Waals surface area contributed by atoms with Gasteiger partial charge in [0.15, 0.2) is 0 Å². The fourth-order valence-electron chi connectivity index (χ4n) is 2.42. The minimum absolute atomic E-state index is 0.130. The Morgan fingerprint density at radius 3 is 2.67 bits per heavy atom. The Morgan fingerprint density at radius 1 is 1.22 bits per heavy atom. The third kappa shape index (κ3) is 2.94. The van der Waals surface area contributed by atoms with Gasteiger partial charge in [-0.1, -0.05) is 6.07 Å². The van der Waals surface area contributed by atoms with E-state index in [0.29, 0.717) is 5.75 Å². The number of phenolic OH excluding ortho intramolecular Hbond substituents is 1. The van der Waals surface area contributed by atoms with Gasteiger partial charge in [0.2, 0.25) is 0 Å². The van der Waals surface area contributed by atoms with Crippen LogP contribution in [-0.4, -0.2) is 43.2 Å². The zero-order chi connectivity index (χ0) is 13.1. The summed E-state index contributed by atoms with van der Waals surface area (Å²) in [4.78, 5) is 4.67. The monoisotopic (exact) mass is 249 g/mol. The van der Waals surface area contributed by atoms with E-state index in [1.807, 2.05) is 19.1 Å². The first-order valence-electron chi connectivity index (χ1n) is 6.60. The summed E-state index contributed by atoms with van der Waals surface area (Å²) >= 11 is 0. The number of aromatic hydroxyl groups is 1. The maximum Gasteiger partial charge on any atom is 0.122 e. The first-order chi connectivity index (χ1) is 8.58. The molecule has 1 unspecified atom stereocenters. The van der Waals surface area contributed by atoms with Crippen LogP contribution in [0.2, 0.25) is 0 Å². The Kier molecular flexibility index (Phi) is 4.09. The summed E-state index contributed by atoms with van der Waals surface area (Å²) in [7, 11) is 2.15. The molecule has 1 aromatic carbocycles.